The maximum atomic E-state index is 11.7. The van der Waals surface area contributed by atoms with Crippen LogP contribution in [0.4, 0.5) is 0 Å². The number of carbonyl (C=O) groups is 1. The van der Waals surface area contributed by atoms with Crippen LogP contribution in [-0.4, -0.2) is 49.1 Å². The third-order valence-electron chi connectivity index (χ3n) is 5.51. The van der Waals surface area contributed by atoms with Crippen molar-refractivity contribution in [3.63, 3.8) is 0 Å². The van der Waals surface area contributed by atoms with Crippen LogP contribution in [0.3, 0.4) is 0 Å². The molecule has 2 aliphatic heterocycles. The zero-order valence-electron chi connectivity index (χ0n) is 18.7. The summed E-state index contributed by atoms with van der Waals surface area (Å²) in [7, 11) is 0. The van der Waals surface area contributed by atoms with E-state index in [1.807, 2.05) is 74.5 Å². The number of benzene rings is 2. The summed E-state index contributed by atoms with van der Waals surface area (Å²) in [5, 5.41) is 0. The van der Waals surface area contributed by atoms with Crippen molar-refractivity contribution < 1.29 is 33.2 Å². The number of ether oxygens (including phenoxy) is 6. The molecule has 2 saturated heterocycles. The summed E-state index contributed by atoms with van der Waals surface area (Å²) in [4.78, 5) is 11.7. The maximum absolute atomic E-state index is 11.7. The minimum absolute atomic E-state index is 0.0310. The molecule has 0 radical (unpaired) electrons. The molecular formula is C25H30O7. The van der Waals surface area contributed by atoms with Gasteiger partial charge >= 0.3 is 5.97 Å². The standard InChI is InChI=1S/C25H30O7/c1-18(26)29-17-25(16-27-14-19-10-6-4-7-11-19)22(28-15-20-12-8-5-9-13-20)21-23(32-25)31-24(2,3)30-21/h4-13,21-23H,14-17H2,1-3H3/t21-,22+,23-,25+/m1/s1. The lowest BCUT2D eigenvalue weighted by Gasteiger charge is -2.36. The highest BCUT2D eigenvalue weighted by Crippen LogP contribution is 2.44. The fourth-order valence-corrected chi connectivity index (χ4v) is 4.07. The third kappa shape index (κ3) is 5.36. The smallest absolute Gasteiger partial charge is 0.302 e. The minimum atomic E-state index is -1.07. The highest BCUT2D eigenvalue weighted by atomic mass is 16.8. The molecule has 0 aromatic heterocycles. The molecule has 2 aliphatic rings. The molecule has 2 heterocycles. The largest absolute Gasteiger partial charge is 0.463 e. The average molecular weight is 443 g/mol. The molecule has 0 saturated carbocycles. The van der Waals surface area contributed by atoms with E-state index in [0.717, 1.165) is 11.1 Å². The quantitative estimate of drug-likeness (QED) is 0.550. The Morgan fingerprint density at radius 1 is 0.875 bits per heavy atom. The van der Waals surface area contributed by atoms with Gasteiger partial charge in [0.25, 0.3) is 0 Å². The number of carbonyl (C=O) groups excluding carboxylic acids is 1. The fourth-order valence-electron chi connectivity index (χ4n) is 4.07. The SMILES string of the molecule is CC(=O)OC[C@]1(COCc2ccccc2)O[C@H]2OC(C)(C)O[C@@H]2[C@@H]1OCc1ccccc1. The molecule has 4 atom stereocenters. The molecule has 7 heteroatoms. The molecule has 0 bridgehead atoms. The highest BCUT2D eigenvalue weighted by molar-refractivity contribution is 5.66. The number of rotatable bonds is 9. The molecule has 32 heavy (non-hydrogen) atoms. The van der Waals surface area contributed by atoms with Crippen LogP contribution in [0.5, 0.6) is 0 Å². The van der Waals surface area contributed by atoms with Crippen LogP contribution in [0.2, 0.25) is 0 Å². The van der Waals surface area contributed by atoms with E-state index in [4.69, 9.17) is 28.4 Å². The Hall–Kier alpha value is -2.29. The van der Waals surface area contributed by atoms with E-state index in [-0.39, 0.29) is 13.2 Å². The molecule has 0 amide bonds. The number of hydrogen-bond acceptors (Lipinski definition) is 7. The first-order chi connectivity index (χ1) is 15.4. The summed E-state index contributed by atoms with van der Waals surface area (Å²) in [5.74, 6) is -1.21. The molecule has 2 aromatic carbocycles. The van der Waals surface area contributed by atoms with Crippen molar-refractivity contribution in [3.8, 4) is 0 Å². The summed E-state index contributed by atoms with van der Waals surface area (Å²) in [5.41, 5.74) is 0.977. The number of hydrogen-bond donors (Lipinski definition) is 0. The van der Waals surface area contributed by atoms with Gasteiger partial charge in [0.15, 0.2) is 17.7 Å². The van der Waals surface area contributed by atoms with E-state index < -0.39 is 35.9 Å². The second-order valence-corrected chi connectivity index (χ2v) is 8.63. The molecule has 2 fully saturated rings. The molecular weight excluding hydrogens is 412 g/mol. The Labute approximate surface area is 188 Å². The predicted octanol–water partition coefficient (Wildman–Crippen LogP) is 3.60. The minimum Gasteiger partial charge on any atom is -0.463 e. The zero-order valence-corrected chi connectivity index (χ0v) is 18.7. The van der Waals surface area contributed by atoms with Gasteiger partial charge in [0, 0.05) is 6.92 Å². The zero-order chi connectivity index (χ0) is 22.6. The van der Waals surface area contributed by atoms with Crippen molar-refractivity contribution in [3.05, 3.63) is 71.8 Å². The monoisotopic (exact) mass is 442 g/mol. The maximum Gasteiger partial charge on any atom is 0.302 e. The Balaban J connectivity index is 1.54. The van der Waals surface area contributed by atoms with Gasteiger partial charge in [0.1, 0.15) is 18.8 Å². The van der Waals surface area contributed by atoms with Gasteiger partial charge in [-0.3, -0.25) is 4.79 Å². The number of fused-ring (bicyclic) bond motifs is 1. The third-order valence-corrected chi connectivity index (χ3v) is 5.51. The lowest BCUT2D eigenvalue weighted by Crippen LogP contribution is -2.53. The van der Waals surface area contributed by atoms with Crippen molar-refractivity contribution in [2.45, 2.75) is 63.9 Å². The Morgan fingerprint density at radius 2 is 1.50 bits per heavy atom. The van der Waals surface area contributed by atoms with Crippen molar-refractivity contribution >= 4 is 5.97 Å². The van der Waals surface area contributed by atoms with Gasteiger partial charge in [-0.25, -0.2) is 0 Å². The van der Waals surface area contributed by atoms with Crippen LogP contribution in [-0.2, 0) is 46.4 Å². The van der Waals surface area contributed by atoms with Crippen LogP contribution in [0.15, 0.2) is 60.7 Å². The van der Waals surface area contributed by atoms with Gasteiger partial charge in [-0.05, 0) is 25.0 Å². The number of esters is 1. The Morgan fingerprint density at radius 3 is 2.12 bits per heavy atom. The van der Waals surface area contributed by atoms with Crippen LogP contribution in [0.25, 0.3) is 0 Å². The molecule has 0 unspecified atom stereocenters. The topological polar surface area (TPSA) is 72.5 Å². The van der Waals surface area contributed by atoms with E-state index in [1.165, 1.54) is 6.92 Å². The molecule has 7 nitrogen and oxygen atoms in total. The van der Waals surface area contributed by atoms with E-state index in [1.54, 1.807) is 0 Å². The van der Waals surface area contributed by atoms with Crippen molar-refractivity contribution in [2.24, 2.45) is 0 Å². The van der Waals surface area contributed by atoms with Gasteiger partial charge in [0.2, 0.25) is 0 Å². The second kappa shape index (κ2) is 9.68. The van der Waals surface area contributed by atoms with Crippen LogP contribution in [0, 0.1) is 0 Å². The van der Waals surface area contributed by atoms with Crippen molar-refractivity contribution in [2.75, 3.05) is 13.2 Å². The van der Waals surface area contributed by atoms with Gasteiger partial charge < -0.3 is 28.4 Å². The van der Waals surface area contributed by atoms with Crippen LogP contribution >= 0.6 is 0 Å². The van der Waals surface area contributed by atoms with Crippen LogP contribution in [0.1, 0.15) is 31.9 Å². The summed E-state index contributed by atoms with van der Waals surface area (Å²) in [6.45, 7) is 5.89. The lowest BCUT2D eigenvalue weighted by atomic mass is 9.96. The van der Waals surface area contributed by atoms with Crippen molar-refractivity contribution in [1.82, 2.24) is 0 Å². The van der Waals surface area contributed by atoms with E-state index in [2.05, 4.69) is 0 Å². The summed E-state index contributed by atoms with van der Waals surface area (Å²) < 4.78 is 36.2. The first kappa shape index (κ1) is 22.9. The van der Waals surface area contributed by atoms with E-state index in [0.29, 0.717) is 13.2 Å². The molecule has 4 rings (SSSR count). The van der Waals surface area contributed by atoms with Gasteiger partial charge in [-0.2, -0.15) is 0 Å². The van der Waals surface area contributed by atoms with E-state index in [9.17, 15) is 4.79 Å². The predicted molar refractivity (Wildman–Crippen MR) is 115 cm³/mol. The van der Waals surface area contributed by atoms with Gasteiger partial charge in [0.05, 0.1) is 19.8 Å². The molecule has 0 aliphatic carbocycles. The second-order valence-electron chi connectivity index (χ2n) is 8.63. The summed E-state index contributed by atoms with van der Waals surface area (Å²) in [6.07, 6.45) is -1.70. The molecule has 0 spiro atoms. The normalized spacial score (nSPS) is 28.4. The van der Waals surface area contributed by atoms with Gasteiger partial charge in [-0.15, -0.1) is 0 Å². The molecule has 172 valence electrons. The van der Waals surface area contributed by atoms with E-state index >= 15 is 0 Å². The fraction of sp³-hybridized carbons (Fsp3) is 0.480. The van der Waals surface area contributed by atoms with Gasteiger partial charge in [-0.1, -0.05) is 60.7 Å². The molecule has 0 N–H and O–H groups in total. The first-order valence-corrected chi connectivity index (χ1v) is 10.8. The lowest BCUT2D eigenvalue weighted by molar-refractivity contribution is -0.263. The highest BCUT2D eigenvalue weighted by Gasteiger charge is 2.63. The summed E-state index contributed by atoms with van der Waals surface area (Å²) in [6, 6.07) is 19.7. The average Bonchev–Trinajstić information content (AvgIpc) is 3.21. The van der Waals surface area contributed by atoms with Crippen LogP contribution < -0.4 is 0 Å². The first-order valence-electron chi connectivity index (χ1n) is 10.8. The summed E-state index contributed by atoms with van der Waals surface area (Å²) >= 11 is 0. The molecule has 2 aromatic rings. The van der Waals surface area contributed by atoms with Crippen molar-refractivity contribution in [1.29, 1.82) is 0 Å². The Kier molecular flexibility index (Phi) is 6.93. The Bertz CT molecular complexity index is 886.